The fraction of sp³-hybridized carbons (Fsp3) is 0.0625. The van der Waals surface area contributed by atoms with Crippen LogP contribution in [0.3, 0.4) is 0 Å². The summed E-state index contributed by atoms with van der Waals surface area (Å²) in [6.45, 7) is 0.269. The highest BCUT2D eigenvalue weighted by Gasteiger charge is 2.19. The highest BCUT2D eigenvalue weighted by molar-refractivity contribution is 7.13. The molecule has 0 spiro atoms. The third-order valence-electron chi connectivity index (χ3n) is 3.03. The summed E-state index contributed by atoms with van der Waals surface area (Å²) in [6.07, 6.45) is 5.11. The number of ether oxygens (including phenoxy) is 1. The molecule has 3 rings (SSSR count). The number of hydrogen-bond acceptors (Lipinski definition) is 5. The first-order valence-corrected chi connectivity index (χ1v) is 7.48. The third kappa shape index (κ3) is 2.96. The number of pyridine rings is 2. The number of rotatable bonds is 5. The Kier molecular flexibility index (Phi) is 4.11. The SMILES string of the molecule is NC(=O)c1scc(-c2cccnc2)c1OCc1ccccn1. The molecule has 1 amide bonds. The molecule has 0 unspecified atom stereocenters. The summed E-state index contributed by atoms with van der Waals surface area (Å²) < 4.78 is 5.83. The lowest BCUT2D eigenvalue weighted by Gasteiger charge is -2.09. The molecular weight excluding hydrogens is 298 g/mol. The van der Waals surface area contributed by atoms with Crippen molar-refractivity contribution >= 4 is 17.2 Å². The maximum atomic E-state index is 11.6. The molecule has 0 aromatic carbocycles. The van der Waals surface area contributed by atoms with E-state index in [4.69, 9.17) is 10.5 Å². The second kappa shape index (κ2) is 6.36. The molecule has 3 aromatic heterocycles. The number of carbonyl (C=O) groups is 1. The molecule has 0 aliphatic heterocycles. The lowest BCUT2D eigenvalue weighted by molar-refractivity contribution is 0.1000. The van der Waals surface area contributed by atoms with Gasteiger partial charge in [-0.25, -0.2) is 0 Å². The summed E-state index contributed by atoms with van der Waals surface area (Å²) in [6, 6.07) is 9.33. The summed E-state index contributed by atoms with van der Waals surface area (Å²) in [5.41, 5.74) is 7.90. The van der Waals surface area contributed by atoms with Gasteiger partial charge in [0.15, 0.2) is 5.75 Å². The first-order chi connectivity index (χ1) is 10.8. The van der Waals surface area contributed by atoms with Crippen LogP contribution in [-0.4, -0.2) is 15.9 Å². The maximum absolute atomic E-state index is 11.6. The zero-order valence-corrected chi connectivity index (χ0v) is 12.4. The number of amides is 1. The minimum atomic E-state index is -0.504. The van der Waals surface area contributed by atoms with Gasteiger partial charge in [-0.05, 0) is 18.2 Å². The highest BCUT2D eigenvalue weighted by Crippen LogP contribution is 2.38. The van der Waals surface area contributed by atoms with Crippen LogP contribution in [0.2, 0.25) is 0 Å². The van der Waals surface area contributed by atoms with Crippen LogP contribution in [0.5, 0.6) is 5.75 Å². The van der Waals surface area contributed by atoms with Crippen molar-refractivity contribution in [3.05, 3.63) is 64.9 Å². The summed E-state index contributed by atoms with van der Waals surface area (Å²) in [5.74, 6) is -0.0210. The van der Waals surface area contributed by atoms with Gasteiger partial charge in [-0.15, -0.1) is 11.3 Å². The van der Waals surface area contributed by atoms with E-state index in [2.05, 4.69) is 9.97 Å². The monoisotopic (exact) mass is 311 g/mol. The van der Waals surface area contributed by atoms with Crippen LogP contribution in [0.15, 0.2) is 54.3 Å². The average molecular weight is 311 g/mol. The average Bonchev–Trinajstić information content (AvgIpc) is 2.99. The number of hydrogen-bond donors (Lipinski definition) is 1. The van der Waals surface area contributed by atoms with Crippen LogP contribution in [-0.2, 0) is 6.61 Å². The van der Waals surface area contributed by atoms with Crippen molar-refractivity contribution < 1.29 is 9.53 Å². The molecule has 0 bridgehead atoms. The Morgan fingerprint density at radius 3 is 2.82 bits per heavy atom. The minimum Gasteiger partial charge on any atom is -0.485 e. The van der Waals surface area contributed by atoms with Gasteiger partial charge in [0.1, 0.15) is 11.5 Å². The van der Waals surface area contributed by atoms with Crippen molar-refractivity contribution in [2.24, 2.45) is 5.73 Å². The predicted octanol–water partition coefficient (Wildman–Crippen LogP) is 2.88. The standard InChI is InChI=1S/C16H13N3O2S/c17-16(20)15-14(21-9-12-5-1-2-7-19-12)13(10-22-15)11-4-3-6-18-8-11/h1-8,10H,9H2,(H2,17,20). The Bertz CT molecular complexity index is 773. The highest BCUT2D eigenvalue weighted by atomic mass is 32.1. The van der Waals surface area contributed by atoms with E-state index in [1.807, 2.05) is 35.7 Å². The van der Waals surface area contributed by atoms with Crippen molar-refractivity contribution in [3.63, 3.8) is 0 Å². The van der Waals surface area contributed by atoms with Crippen LogP contribution in [0, 0.1) is 0 Å². The summed E-state index contributed by atoms with van der Waals surface area (Å²) in [4.78, 5) is 20.3. The molecule has 22 heavy (non-hydrogen) atoms. The molecule has 0 saturated heterocycles. The topological polar surface area (TPSA) is 78.1 Å². The van der Waals surface area contributed by atoms with E-state index < -0.39 is 5.91 Å². The van der Waals surface area contributed by atoms with Crippen LogP contribution < -0.4 is 10.5 Å². The van der Waals surface area contributed by atoms with Crippen LogP contribution in [0.25, 0.3) is 11.1 Å². The molecule has 0 radical (unpaired) electrons. The number of thiophene rings is 1. The number of primary amides is 1. The lowest BCUT2D eigenvalue weighted by atomic mass is 10.1. The van der Waals surface area contributed by atoms with Crippen LogP contribution in [0.4, 0.5) is 0 Å². The fourth-order valence-electron chi connectivity index (χ4n) is 2.01. The molecule has 2 N–H and O–H groups in total. The molecule has 0 aliphatic carbocycles. The fourth-order valence-corrected chi connectivity index (χ4v) is 2.88. The van der Waals surface area contributed by atoms with E-state index in [-0.39, 0.29) is 6.61 Å². The van der Waals surface area contributed by atoms with E-state index in [0.717, 1.165) is 16.8 Å². The van der Waals surface area contributed by atoms with E-state index in [1.54, 1.807) is 18.6 Å². The second-order valence-corrected chi connectivity index (χ2v) is 5.40. The Balaban J connectivity index is 1.94. The van der Waals surface area contributed by atoms with Gasteiger partial charge in [-0.3, -0.25) is 14.8 Å². The second-order valence-electron chi connectivity index (χ2n) is 4.52. The van der Waals surface area contributed by atoms with Gasteiger partial charge in [0.05, 0.1) is 5.69 Å². The summed E-state index contributed by atoms with van der Waals surface area (Å²) in [7, 11) is 0. The first-order valence-electron chi connectivity index (χ1n) is 6.60. The number of nitrogens with zero attached hydrogens (tertiary/aromatic N) is 2. The normalized spacial score (nSPS) is 10.4. The van der Waals surface area contributed by atoms with Crippen molar-refractivity contribution in [1.82, 2.24) is 9.97 Å². The predicted molar refractivity (Wildman–Crippen MR) is 84.6 cm³/mol. The van der Waals surface area contributed by atoms with Crippen molar-refractivity contribution in [1.29, 1.82) is 0 Å². The van der Waals surface area contributed by atoms with Gasteiger partial charge in [0.25, 0.3) is 5.91 Å². The van der Waals surface area contributed by atoms with Gasteiger partial charge in [-0.2, -0.15) is 0 Å². The maximum Gasteiger partial charge on any atom is 0.262 e. The van der Waals surface area contributed by atoms with Gasteiger partial charge in [-0.1, -0.05) is 12.1 Å². The van der Waals surface area contributed by atoms with Crippen LogP contribution in [0.1, 0.15) is 15.4 Å². The van der Waals surface area contributed by atoms with E-state index in [1.165, 1.54) is 11.3 Å². The largest absolute Gasteiger partial charge is 0.485 e. The lowest BCUT2D eigenvalue weighted by Crippen LogP contribution is -2.11. The number of nitrogens with two attached hydrogens (primary N) is 1. The number of carbonyl (C=O) groups excluding carboxylic acids is 1. The van der Waals surface area contributed by atoms with E-state index in [9.17, 15) is 4.79 Å². The zero-order chi connectivity index (χ0) is 15.4. The molecule has 0 aliphatic rings. The Morgan fingerprint density at radius 1 is 1.23 bits per heavy atom. The van der Waals surface area contributed by atoms with Crippen LogP contribution >= 0.6 is 11.3 Å². The molecule has 0 fully saturated rings. The third-order valence-corrected chi connectivity index (χ3v) is 4.01. The van der Waals surface area contributed by atoms with Crippen molar-refractivity contribution in [3.8, 4) is 16.9 Å². The van der Waals surface area contributed by atoms with E-state index >= 15 is 0 Å². The van der Waals surface area contributed by atoms with Crippen molar-refractivity contribution in [2.75, 3.05) is 0 Å². The van der Waals surface area contributed by atoms with Gasteiger partial charge in [0.2, 0.25) is 0 Å². The molecule has 0 atom stereocenters. The Morgan fingerprint density at radius 2 is 2.14 bits per heavy atom. The van der Waals surface area contributed by atoms with Gasteiger partial charge in [0, 0.05) is 35.1 Å². The number of aromatic nitrogens is 2. The van der Waals surface area contributed by atoms with Gasteiger partial charge < -0.3 is 10.5 Å². The molecule has 5 nitrogen and oxygen atoms in total. The smallest absolute Gasteiger partial charge is 0.262 e. The molecular formula is C16H13N3O2S. The minimum absolute atomic E-state index is 0.269. The van der Waals surface area contributed by atoms with Crippen molar-refractivity contribution in [2.45, 2.75) is 6.61 Å². The summed E-state index contributed by atoms with van der Waals surface area (Å²) >= 11 is 1.27. The molecule has 0 saturated carbocycles. The van der Waals surface area contributed by atoms with Gasteiger partial charge >= 0.3 is 0 Å². The summed E-state index contributed by atoms with van der Waals surface area (Å²) in [5, 5.41) is 1.85. The molecule has 3 aromatic rings. The first kappa shape index (κ1) is 14.2. The zero-order valence-electron chi connectivity index (χ0n) is 11.6. The molecule has 110 valence electrons. The quantitative estimate of drug-likeness (QED) is 0.786. The van der Waals surface area contributed by atoms with E-state index in [0.29, 0.717) is 10.6 Å². The Hall–Kier alpha value is -2.73. The molecule has 6 heteroatoms. The Labute approximate surface area is 131 Å². The molecule has 3 heterocycles.